The number of benzene rings is 1. The third kappa shape index (κ3) is 8.43. The molecule has 0 aliphatic heterocycles. The predicted molar refractivity (Wildman–Crippen MR) is 140 cm³/mol. The molecule has 1 rings (SSSR count). The van der Waals surface area contributed by atoms with Gasteiger partial charge in [-0.1, -0.05) is 99.3 Å². The zero-order valence-corrected chi connectivity index (χ0v) is 23.2. The quantitative estimate of drug-likeness (QED) is 0.151. The Hall–Kier alpha value is -0.723. The monoisotopic (exact) mass is 492 g/mol. The molecule has 30 heavy (non-hydrogen) atoms. The van der Waals surface area contributed by atoms with Crippen molar-refractivity contribution in [2.24, 2.45) is 0 Å². The van der Waals surface area contributed by atoms with Gasteiger partial charge in [0.05, 0.1) is 6.61 Å². The van der Waals surface area contributed by atoms with Crippen LogP contribution in [0, 0.1) is 11.5 Å². The fourth-order valence-corrected chi connectivity index (χ4v) is 10.3. The van der Waals surface area contributed by atoms with Gasteiger partial charge in [0.1, 0.15) is 13.8 Å². The standard InChI is InChI=1S/C27H45BrOSi/c1-8-9-10-11-12-13-14-15-19-29-26-16-17-27(28)25(21-26)18-20-30(22(2)3,23(4)5)24(6)7/h16-17,21-24H,8-15,19H2,1-7H3. The molecule has 0 saturated heterocycles. The molecule has 1 aromatic carbocycles. The van der Waals surface area contributed by atoms with E-state index < -0.39 is 8.07 Å². The highest BCUT2D eigenvalue weighted by Crippen LogP contribution is 2.41. The number of halogens is 1. The number of ether oxygens (including phenoxy) is 1. The lowest BCUT2D eigenvalue weighted by atomic mass is 10.1. The van der Waals surface area contributed by atoms with Crippen molar-refractivity contribution >= 4 is 24.0 Å². The first kappa shape index (κ1) is 27.3. The summed E-state index contributed by atoms with van der Waals surface area (Å²) in [5, 5.41) is 0. The van der Waals surface area contributed by atoms with Crippen molar-refractivity contribution in [3.05, 3.63) is 28.2 Å². The predicted octanol–water partition coefficient (Wildman–Crippen LogP) is 9.54. The Bertz CT molecular complexity index is 647. The van der Waals surface area contributed by atoms with Gasteiger partial charge in [0, 0.05) is 10.0 Å². The topological polar surface area (TPSA) is 9.23 Å². The summed E-state index contributed by atoms with van der Waals surface area (Å²) >= 11 is 3.69. The number of rotatable bonds is 13. The van der Waals surface area contributed by atoms with E-state index in [0.717, 1.165) is 28.8 Å². The second-order valence-corrected chi connectivity index (χ2v) is 16.0. The second-order valence-electron chi connectivity index (χ2n) is 9.61. The van der Waals surface area contributed by atoms with E-state index in [9.17, 15) is 0 Å². The zero-order valence-electron chi connectivity index (χ0n) is 20.6. The molecule has 0 atom stereocenters. The smallest absolute Gasteiger partial charge is 0.146 e. The molecule has 170 valence electrons. The normalized spacial score (nSPS) is 11.8. The maximum atomic E-state index is 6.04. The van der Waals surface area contributed by atoms with E-state index in [2.05, 4.69) is 94.1 Å². The van der Waals surface area contributed by atoms with Crippen molar-refractivity contribution in [2.75, 3.05) is 6.61 Å². The van der Waals surface area contributed by atoms with Gasteiger partial charge in [0.15, 0.2) is 0 Å². The Labute approximate surface area is 196 Å². The first-order valence-corrected chi connectivity index (χ1v) is 15.2. The fourth-order valence-electron chi connectivity index (χ4n) is 4.72. The van der Waals surface area contributed by atoms with Crippen molar-refractivity contribution in [1.82, 2.24) is 0 Å². The summed E-state index contributed by atoms with van der Waals surface area (Å²) in [5.41, 5.74) is 6.81. The molecular weight excluding hydrogens is 448 g/mol. The minimum absolute atomic E-state index is 0.644. The molecule has 0 heterocycles. The van der Waals surface area contributed by atoms with Gasteiger partial charge in [-0.15, -0.1) is 5.54 Å². The average molecular weight is 494 g/mol. The first-order valence-electron chi connectivity index (χ1n) is 12.2. The van der Waals surface area contributed by atoms with E-state index in [0.29, 0.717) is 16.6 Å². The molecule has 0 radical (unpaired) electrons. The molecule has 0 unspecified atom stereocenters. The van der Waals surface area contributed by atoms with Crippen LogP contribution in [0.5, 0.6) is 5.75 Å². The molecule has 0 fully saturated rings. The van der Waals surface area contributed by atoms with Crippen LogP contribution in [0.3, 0.4) is 0 Å². The average Bonchev–Trinajstić information content (AvgIpc) is 2.68. The summed E-state index contributed by atoms with van der Waals surface area (Å²) in [4.78, 5) is 0. The number of unbranched alkanes of at least 4 members (excludes halogenated alkanes) is 7. The van der Waals surface area contributed by atoms with Crippen molar-refractivity contribution in [3.8, 4) is 17.2 Å². The Morgan fingerprint density at radius 3 is 1.90 bits per heavy atom. The van der Waals surface area contributed by atoms with E-state index in [1.54, 1.807) is 0 Å². The van der Waals surface area contributed by atoms with Crippen LogP contribution >= 0.6 is 15.9 Å². The highest BCUT2D eigenvalue weighted by molar-refractivity contribution is 9.10. The van der Waals surface area contributed by atoms with Crippen LogP contribution in [0.15, 0.2) is 22.7 Å². The van der Waals surface area contributed by atoms with Gasteiger partial charge in [-0.3, -0.25) is 0 Å². The van der Waals surface area contributed by atoms with Gasteiger partial charge in [-0.2, -0.15) is 0 Å². The van der Waals surface area contributed by atoms with E-state index >= 15 is 0 Å². The second kappa shape index (κ2) is 14.4. The van der Waals surface area contributed by atoms with Crippen molar-refractivity contribution < 1.29 is 4.74 Å². The minimum Gasteiger partial charge on any atom is -0.494 e. The molecule has 1 aromatic rings. The molecule has 0 bridgehead atoms. The van der Waals surface area contributed by atoms with Crippen LogP contribution in [0.4, 0.5) is 0 Å². The summed E-state index contributed by atoms with van der Waals surface area (Å²) < 4.78 is 7.11. The van der Waals surface area contributed by atoms with Gasteiger partial charge in [-0.25, -0.2) is 0 Å². The van der Waals surface area contributed by atoms with Crippen LogP contribution in [0.2, 0.25) is 16.6 Å². The zero-order chi connectivity index (χ0) is 22.6. The molecule has 3 heteroatoms. The molecule has 0 N–H and O–H groups in total. The lowest BCUT2D eigenvalue weighted by Gasteiger charge is -2.38. The summed E-state index contributed by atoms with van der Waals surface area (Å²) in [6, 6.07) is 6.25. The van der Waals surface area contributed by atoms with E-state index in [-0.39, 0.29) is 0 Å². The van der Waals surface area contributed by atoms with Gasteiger partial charge in [-0.05, 0) is 57.2 Å². The lowest BCUT2D eigenvalue weighted by molar-refractivity contribution is 0.304. The van der Waals surface area contributed by atoms with Crippen LogP contribution in [0.1, 0.15) is 105 Å². The van der Waals surface area contributed by atoms with Gasteiger partial charge in [0.2, 0.25) is 0 Å². The van der Waals surface area contributed by atoms with Crippen LogP contribution < -0.4 is 4.74 Å². The Kier molecular flexibility index (Phi) is 13.1. The Balaban J connectivity index is 2.69. The lowest BCUT2D eigenvalue weighted by Crippen LogP contribution is -2.43. The van der Waals surface area contributed by atoms with Gasteiger partial charge < -0.3 is 4.74 Å². The molecule has 0 saturated carbocycles. The van der Waals surface area contributed by atoms with Gasteiger partial charge in [0.25, 0.3) is 0 Å². The molecule has 0 aliphatic carbocycles. The highest BCUT2D eigenvalue weighted by Gasteiger charge is 2.41. The van der Waals surface area contributed by atoms with Crippen molar-refractivity contribution in [1.29, 1.82) is 0 Å². The van der Waals surface area contributed by atoms with Crippen LogP contribution in [0.25, 0.3) is 0 Å². The molecule has 0 amide bonds. The fraction of sp³-hybridized carbons (Fsp3) is 0.704. The minimum atomic E-state index is -1.73. The Morgan fingerprint density at radius 1 is 0.833 bits per heavy atom. The number of hydrogen-bond acceptors (Lipinski definition) is 1. The molecule has 0 spiro atoms. The summed E-state index contributed by atoms with van der Waals surface area (Å²) in [5.74, 6) is 4.50. The molecule has 0 aliphatic rings. The van der Waals surface area contributed by atoms with Crippen molar-refractivity contribution in [3.63, 3.8) is 0 Å². The maximum Gasteiger partial charge on any atom is 0.146 e. The molecule has 0 aromatic heterocycles. The SMILES string of the molecule is CCCCCCCCCCOc1ccc(Br)c(C#C[Si](C(C)C)(C(C)C)C(C)C)c1. The third-order valence-electron chi connectivity index (χ3n) is 6.48. The number of hydrogen-bond donors (Lipinski definition) is 0. The van der Waals surface area contributed by atoms with E-state index in [4.69, 9.17) is 4.74 Å². The summed E-state index contributed by atoms with van der Waals surface area (Å²) in [7, 11) is -1.73. The largest absolute Gasteiger partial charge is 0.494 e. The first-order chi connectivity index (χ1) is 14.3. The van der Waals surface area contributed by atoms with E-state index in [1.807, 2.05) is 0 Å². The van der Waals surface area contributed by atoms with Gasteiger partial charge >= 0.3 is 0 Å². The third-order valence-corrected chi connectivity index (χ3v) is 13.5. The van der Waals surface area contributed by atoms with Crippen molar-refractivity contribution in [2.45, 2.75) is 116 Å². The van der Waals surface area contributed by atoms with Crippen LogP contribution in [-0.4, -0.2) is 14.7 Å². The van der Waals surface area contributed by atoms with E-state index in [1.165, 1.54) is 44.9 Å². The Morgan fingerprint density at radius 2 is 1.37 bits per heavy atom. The van der Waals surface area contributed by atoms with Crippen LogP contribution in [-0.2, 0) is 0 Å². The summed E-state index contributed by atoms with van der Waals surface area (Å²) in [6.45, 7) is 17.2. The summed E-state index contributed by atoms with van der Waals surface area (Å²) in [6.07, 6.45) is 10.6. The highest BCUT2D eigenvalue weighted by atomic mass is 79.9. The molecule has 1 nitrogen and oxygen atoms in total. The molecular formula is C27H45BrOSi. The maximum absolute atomic E-state index is 6.04.